The summed E-state index contributed by atoms with van der Waals surface area (Å²) >= 11 is 0. The molecule has 8 nitrogen and oxygen atoms in total. The van der Waals surface area contributed by atoms with Crippen molar-refractivity contribution in [3.05, 3.63) is 74.6 Å². The number of aromatic nitrogens is 3. The number of rotatable bonds is 2. The molecule has 160 valence electrons. The summed E-state index contributed by atoms with van der Waals surface area (Å²) in [5.41, 5.74) is 6.85. The summed E-state index contributed by atoms with van der Waals surface area (Å²) in [6, 6.07) is 12.8. The smallest absolute Gasteiger partial charge is 0.332 e. The highest BCUT2D eigenvalue weighted by atomic mass is 35.5. The fraction of sp³-hybridized carbons (Fsp3) is 0.300. The molecule has 0 aliphatic carbocycles. The molecule has 0 bridgehead atoms. The maximum atomic E-state index is 13.0. The monoisotopic (exact) mass is 451 g/mol. The molecule has 4 rings (SSSR count). The molecule has 1 saturated heterocycles. The minimum absolute atomic E-state index is 0. The van der Waals surface area contributed by atoms with Crippen LogP contribution in [0.25, 0.3) is 11.0 Å². The standard InChI is InChI=1S/C20H21N5O3.2ClH/c1-23-17-13(18(26)24(2)20(23)28)8-9-16(22-17)19(27)25-10-14(15(21)11-25)12-6-4-3-5-7-12;;/h3-9,14-15H,10-11,21H2,1-2H3;2*1H/t14-,15+;;/m0../s1. The van der Waals surface area contributed by atoms with E-state index in [0.29, 0.717) is 18.5 Å². The summed E-state index contributed by atoms with van der Waals surface area (Å²) in [4.78, 5) is 43.4. The van der Waals surface area contributed by atoms with Crippen LogP contribution in [0.15, 0.2) is 52.1 Å². The van der Waals surface area contributed by atoms with Gasteiger partial charge in [0.25, 0.3) is 11.5 Å². The molecule has 0 spiro atoms. The number of hydrogen-bond donors (Lipinski definition) is 1. The van der Waals surface area contributed by atoms with Gasteiger partial charge in [0.15, 0.2) is 0 Å². The van der Waals surface area contributed by atoms with Crippen LogP contribution in [-0.4, -0.2) is 44.1 Å². The van der Waals surface area contributed by atoms with Gasteiger partial charge in [0.2, 0.25) is 0 Å². The lowest BCUT2D eigenvalue weighted by atomic mass is 9.95. The van der Waals surface area contributed by atoms with Crippen LogP contribution >= 0.6 is 24.8 Å². The number of nitrogens with zero attached hydrogens (tertiary/aromatic N) is 4. The van der Waals surface area contributed by atoms with E-state index >= 15 is 0 Å². The maximum Gasteiger partial charge on any atom is 0.332 e. The maximum absolute atomic E-state index is 13.0. The number of nitrogens with two attached hydrogens (primary N) is 1. The minimum Gasteiger partial charge on any atom is -0.335 e. The van der Waals surface area contributed by atoms with Crippen LogP contribution in [0.1, 0.15) is 22.0 Å². The van der Waals surface area contributed by atoms with E-state index in [2.05, 4.69) is 4.98 Å². The average Bonchev–Trinajstić information content (AvgIpc) is 3.12. The molecule has 3 aromatic rings. The minimum atomic E-state index is -0.484. The van der Waals surface area contributed by atoms with Crippen LogP contribution in [0.5, 0.6) is 0 Å². The Morgan fingerprint density at radius 2 is 1.67 bits per heavy atom. The van der Waals surface area contributed by atoms with Crippen molar-refractivity contribution in [1.29, 1.82) is 0 Å². The van der Waals surface area contributed by atoms with E-state index in [1.165, 1.54) is 24.7 Å². The Kier molecular flexibility index (Phi) is 7.07. The fourth-order valence-corrected chi connectivity index (χ4v) is 3.78. The van der Waals surface area contributed by atoms with Gasteiger partial charge in [0.1, 0.15) is 11.3 Å². The van der Waals surface area contributed by atoms with E-state index in [9.17, 15) is 14.4 Å². The van der Waals surface area contributed by atoms with Crippen molar-refractivity contribution in [3.63, 3.8) is 0 Å². The Hall–Kier alpha value is -2.68. The van der Waals surface area contributed by atoms with E-state index in [1.54, 1.807) is 11.0 Å². The number of hydrogen-bond acceptors (Lipinski definition) is 5. The zero-order valence-corrected chi connectivity index (χ0v) is 18.2. The van der Waals surface area contributed by atoms with Crippen molar-refractivity contribution in [3.8, 4) is 0 Å². The predicted molar refractivity (Wildman–Crippen MR) is 120 cm³/mol. The Balaban J connectivity index is 0.00000160. The molecule has 1 aromatic carbocycles. The van der Waals surface area contributed by atoms with Gasteiger partial charge >= 0.3 is 5.69 Å². The number of halogens is 2. The van der Waals surface area contributed by atoms with E-state index in [-0.39, 0.29) is 54.0 Å². The molecule has 2 N–H and O–H groups in total. The highest BCUT2D eigenvalue weighted by Crippen LogP contribution is 2.27. The Morgan fingerprint density at radius 1 is 1.00 bits per heavy atom. The average molecular weight is 452 g/mol. The lowest BCUT2D eigenvalue weighted by Gasteiger charge is -2.16. The number of aryl methyl sites for hydroxylation is 1. The van der Waals surface area contributed by atoms with Gasteiger partial charge in [-0.2, -0.15) is 0 Å². The lowest BCUT2D eigenvalue weighted by molar-refractivity contribution is 0.0783. The molecule has 2 aromatic heterocycles. The molecule has 0 unspecified atom stereocenters. The van der Waals surface area contributed by atoms with Gasteiger partial charge in [0.05, 0.1) is 5.39 Å². The summed E-state index contributed by atoms with van der Waals surface area (Å²) in [6.45, 7) is 0.923. The number of likely N-dealkylation sites (tertiary alicyclic amines) is 1. The molecular weight excluding hydrogens is 429 g/mol. The molecule has 2 atom stereocenters. The number of fused-ring (bicyclic) bond motifs is 1. The van der Waals surface area contributed by atoms with Gasteiger partial charge in [0, 0.05) is 39.1 Å². The highest BCUT2D eigenvalue weighted by molar-refractivity contribution is 5.94. The van der Waals surface area contributed by atoms with Crippen molar-refractivity contribution >= 4 is 41.8 Å². The third-order valence-electron chi connectivity index (χ3n) is 5.40. The summed E-state index contributed by atoms with van der Waals surface area (Å²) in [5, 5.41) is 0.293. The molecule has 1 fully saturated rings. The third-order valence-corrected chi connectivity index (χ3v) is 5.40. The molecular formula is C20H23Cl2N5O3. The molecule has 10 heteroatoms. The SMILES string of the molecule is Cl.Cl.Cn1c(=O)c2ccc(C(=O)N3C[C@@H](N)[C@H](c4ccccc4)C3)nc2n(C)c1=O. The quantitative estimate of drug-likeness (QED) is 0.626. The Morgan fingerprint density at radius 3 is 2.33 bits per heavy atom. The molecule has 30 heavy (non-hydrogen) atoms. The third kappa shape index (κ3) is 3.86. The van der Waals surface area contributed by atoms with Crippen LogP contribution < -0.4 is 17.0 Å². The number of pyridine rings is 1. The van der Waals surface area contributed by atoms with Gasteiger partial charge in [-0.05, 0) is 17.7 Å². The number of carbonyl (C=O) groups is 1. The van der Waals surface area contributed by atoms with Crippen molar-refractivity contribution in [2.45, 2.75) is 12.0 Å². The highest BCUT2D eigenvalue weighted by Gasteiger charge is 2.34. The second kappa shape index (κ2) is 8.99. The van der Waals surface area contributed by atoms with E-state index in [0.717, 1.165) is 10.1 Å². The topological polar surface area (TPSA) is 103 Å². The zero-order valence-electron chi connectivity index (χ0n) is 16.5. The van der Waals surface area contributed by atoms with E-state index in [4.69, 9.17) is 5.73 Å². The van der Waals surface area contributed by atoms with Crippen LogP contribution in [0.3, 0.4) is 0 Å². The number of carbonyl (C=O) groups excluding carboxylic acids is 1. The van der Waals surface area contributed by atoms with Crippen LogP contribution in [0.2, 0.25) is 0 Å². The fourth-order valence-electron chi connectivity index (χ4n) is 3.78. The summed E-state index contributed by atoms with van der Waals surface area (Å²) < 4.78 is 2.30. The summed E-state index contributed by atoms with van der Waals surface area (Å²) in [5.74, 6) is -0.203. The van der Waals surface area contributed by atoms with Crippen LogP contribution in [0, 0.1) is 0 Å². The number of amides is 1. The molecule has 1 aliphatic rings. The van der Waals surface area contributed by atoms with Crippen molar-refractivity contribution < 1.29 is 4.79 Å². The summed E-state index contributed by atoms with van der Waals surface area (Å²) in [6.07, 6.45) is 0. The van der Waals surface area contributed by atoms with Crippen molar-refractivity contribution in [1.82, 2.24) is 19.0 Å². The largest absolute Gasteiger partial charge is 0.335 e. The molecule has 0 radical (unpaired) electrons. The van der Waals surface area contributed by atoms with Gasteiger partial charge < -0.3 is 10.6 Å². The molecule has 1 amide bonds. The van der Waals surface area contributed by atoms with Gasteiger partial charge in [-0.1, -0.05) is 30.3 Å². The molecule has 0 saturated carbocycles. The lowest BCUT2D eigenvalue weighted by Crippen LogP contribution is -2.38. The van der Waals surface area contributed by atoms with Crippen LogP contribution in [0.4, 0.5) is 0 Å². The predicted octanol–water partition coefficient (Wildman–Crippen LogP) is 1.04. The molecule has 1 aliphatic heterocycles. The zero-order chi connectivity index (χ0) is 20.0. The van der Waals surface area contributed by atoms with E-state index in [1.807, 2.05) is 30.3 Å². The first-order valence-corrected chi connectivity index (χ1v) is 9.05. The Labute approximate surface area is 185 Å². The van der Waals surface area contributed by atoms with Crippen molar-refractivity contribution in [2.75, 3.05) is 13.1 Å². The molecule has 3 heterocycles. The van der Waals surface area contributed by atoms with Crippen molar-refractivity contribution in [2.24, 2.45) is 19.8 Å². The normalized spacial score (nSPS) is 18.0. The van der Waals surface area contributed by atoms with Gasteiger partial charge in [-0.15, -0.1) is 24.8 Å². The second-order valence-electron chi connectivity index (χ2n) is 7.16. The number of benzene rings is 1. The first-order valence-electron chi connectivity index (χ1n) is 9.05. The van der Waals surface area contributed by atoms with Crippen LogP contribution in [-0.2, 0) is 14.1 Å². The van der Waals surface area contributed by atoms with E-state index < -0.39 is 11.2 Å². The summed E-state index contributed by atoms with van der Waals surface area (Å²) in [7, 11) is 2.95. The first kappa shape index (κ1) is 23.6. The Bertz CT molecular complexity index is 1190. The van der Waals surface area contributed by atoms with Gasteiger partial charge in [-0.3, -0.25) is 18.7 Å². The first-order chi connectivity index (χ1) is 13.4. The second-order valence-corrected chi connectivity index (χ2v) is 7.16. The van der Waals surface area contributed by atoms with Gasteiger partial charge in [-0.25, -0.2) is 9.78 Å².